The van der Waals surface area contributed by atoms with Crippen molar-refractivity contribution < 1.29 is 15.3 Å². The number of hydrogen-bond acceptors (Lipinski definition) is 2. The van der Waals surface area contributed by atoms with Crippen molar-refractivity contribution in [2.45, 2.75) is 6.04 Å². The molecule has 4 heteroatoms. The molecule has 0 radical (unpaired) electrons. The van der Waals surface area contributed by atoms with E-state index >= 15 is 0 Å². The molecule has 20 heavy (non-hydrogen) atoms. The van der Waals surface area contributed by atoms with Gasteiger partial charge >= 0.3 is 0 Å². The molecule has 1 amide bonds. The molecule has 4 nitrogen and oxygen atoms in total. The van der Waals surface area contributed by atoms with E-state index in [1.165, 1.54) is 0 Å². The van der Waals surface area contributed by atoms with Crippen molar-refractivity contribution in [3.05, 3.63) is 55.1 Å². The Balaban J connectivity index is 2.08. The highest BCUT2D eigenvalue weighted by Gasteiger charge is 2.17. The molecule has 0 fully saturated rings. The molecule has 2 aromatic rings. The Hall–Kier alpha value is -2.17. The summed E-state index contributed by atoms with van der Waals surface area (Å²) < 4.78 is 5.25. The molecule has 0 aliphatic carbocycles. The summed E-state index contributed by atoms with van der Waals surface area (Å²) >= 11 is 0. The molecule has 104 valence electrons. The number of quaternary nitrogens is 1. The van der Waals surface area contributed by atoms with Crippen LogP contribution in [0.1, 0.15) is 0 Å². The van der Waals surface area contributed by atoms with Crippen LogP contribution in [0, 0.1) is 0 Å². The zero-order valence-corrected chi connectivity index (χ0v) is 11.3. The lowest BCUT2D eigenvalue weighted by Gasteiger charge is -2.11. The predicted octanol–water partition coefficient (Wildman–Crippen LogP) is 1.59. The van der Waals surface area contributed by atoms with Gasteiger partial charge in [-0.2, -0.15) is 0 Å². The minimum atomic E-state index is -0.450. The van der Waals surface area contributed by atoms with E-state index in [-0.39, 0.29) is 12.5 Å². The van der Waals surface area contributed by atoms with Crippen LogP contribution in [0.5, 0.6) is 0 Å². The first-order valence-corrected chi connectivity index (χ1v) is 6.52. The van der Waals surface area contributed by atoms with Gasteiger partial charge in [-0.3, -0.25) is 4.79 Å². The summed E-state index contributed by atoms with van der Waals surface area (Å²) in [6.07, 6.45) is 1.65. The summed E-state index contributed by atoms with van der Waals surface area (Å²) in [6, 6.07) is 13.3. The van der Waals surface area contributed by atoms with Gasteiger partial charge < -0.3 is 15.8 Å². The minimum Gasteiger partial charge on any atom is -0.371 e. The van der Waals surface area contributed by atoms with Crippen molar-refractivity contribution in [2.75, 3.05) is 18.5 Å². The number of benzene rings is 2. The summed E-state index contributed by atoms with van der Waals surface area (Å²) in [5.74, 6) is -0.148. The van der Waals surface area contributed by atoms with E-state index in [0.717, 1.165) is 16.5 Å². The summed E-state index contributed by atoms with van der Waals surface area (Å²) in [5.41, 5.74) is 4.61. The Morgan fingerprint density at radius 2 is 2.05 bits per heavy atom. The average Bonchev–Trinajstić information content (AvgIpc) is 2.47. The van der Waals surface area contributed by atoms with Gasteiger partial charge in [0.25, 0.3) is 5.91 Å². The summed E-state index contributed by atoms with van der Waals surface area (Å²) in [5, 5.41) is 5.01. The predicted molar refractivity (Wildman–Crippen MR) is 80.3 cm³/mol. The quantitative estimate of drug-likeness (QED) is 0.619. The van der Waals surface area contributed by atoms with E-state index < -0.39 is 6.04 Å². The van der Waals surface area contributed by atoms with E-state index in [1.807, 2.05) is 42.5 Å². The van der Waals surface area contributed by atoms with Gasteiger partial charge in [0.2, 0.25) is 0 Å². The lowest BCUT2D eigenvalue weighted by atomic mass is 10.1. The molecule has 0 saturated heterocycles. The van der Waals surface area contributed by atoms with Gasteiger partial charge in [0.15, 0.2) is 6.04 Å². The molecular weight excluding hydrogens is 252 g/mol. The molecule has 0 saturated carbocycles. The fourth-order valence-electron chi connectivity index (χ4n) is 1.94. The number of nitrogens with one attached hydrogen (secondary N) is 1. The fourth-order valence-corrected chi connectivity index (χ4v) is 1.94. The zero-order chi connectivity index (χ0) is 14.4. The Morgan fingerprint density at radius 1 is 1.30 bits per heavy atom. The molecule has 1 atom stereocenters. The third kappa shape index (κ3) is 3.44. The molecule has 0 heterocycles. The highest BCUT2D eigenvalue weighted by atomic mass is 16.5. The summed E-state index contributed by atoms with van der Waals surface area (Å²) in [7, 11) is 0. The number of hydrogen-bond donors (Lipinski definition) is 2. The summed E-state index contributed by atoms with van der Waals surface area (Å²) in [4.78, 5) is 12.1. The van der Waals surface area contributed by atoms with Gasteiger partial charge in [0.05, 0.1) is 6.61 Å². The number of carbonyl (C=O) groups is 1. The van der Waals surface area contributed by atoms with E-state index in [9.17, 15) is 4.79 Å². The van der Waals surface area contributed by atoms with Crippen LogP contribution in [0.2, 0.25) is 0 Å². The zero-order valence-electron chi connectivity index (χ0n) is 11.3. The molecule has 4 N–H and O–H groups in total. The minimum absolute atomic E-state index is 0.148. The summed E-state index contributed by atoms with van der Waals surface area (Å²) in [6.45, 7) is 4.26. The molecular formula is C16H19N2O2+. The van der Waals surface area contributed by atoms with Crippen molar-refractivity contribution in [2.24, 2.45) is 0 Å². The third-order valence-corrected chi connectivity index (χ3v) is 2.97. The maximum absolute atomic E-state index is 12.1. The normalized spacial score (nSPS) is 12.1. The maximum atomic E-state index is 12.1. The fraction of sp³-hybridized carbons (Fsp3) is 0.188. The number of fused-ring (bicyclic) bond motifs is 1. The molecule has 2 rings (SSSR count). The van der Waals surface area contributed by atoms with Crippen molar-refractivity contribution in [1.82, 2.24) is 0 Å². The molecule has 0 spiro atoms. The second-order valence-corrected chi connectivity index (χ2v) is 4.54. The second-order valence-electron chi connectivity index (χ2n) is 4.54. The smallest absolute Gasteiger partial charge is 0.285 e. The number of amides is 1. The molecule has 0 aromatic heterocycles. The average molecular weight is 271 g/mol. The van der Waals surface area contributed by atoms with Crippen molar-refractivity contribution in [3.63, 3.8) is 0 Å². The first kappa shape index (κ1) is 14.2. The van der Waals surface area contributed by atoms with Crippen molar-refractivity contribution >= 4 is 22.4 Å². The van der Waals surface area contributed by atoms with Crippen LogP contribution in [0.3, 0.4) is 0 Å². The second kappa shape index (κ2) is 6.84. The number of rotatable bonds is 6. The molecule has 1 unspecified atom stereocenters. The van der Waals surface area contributed by atoms with Crippen LogP contribution in [0.15, 0.2) is 55.1 Å². The van der Waals surface area contributed by atoms with Gasteiger partial charge in [-0.25, -0.2) is 0 Å². The molecule has 0 bridgehead atoms. The van der Waals surface area contributed by atoms with E-state index in [0.29, 0.717) is 6.61 Å². The van der Waals surface area contributed by atoms with Gasteiger partial charge in [-0.1, -0.05) is 42.5 Å². The van der Waals surface area contributed by atoms with Crippen LogP contribution in [0.4, 0.5) is 5.69 Å². The Bertz CT molecular complexity index is 605. The lowest BCUT2D eigenvalue weighted by molar-refractivity contribution is -0.409. The Kier molecular flexibility index (Phi) is 4.87. The van der Waals surface area contributed by atoms with Crippen LogP contribution < -0.4 is 11.1 Å². The number of anilines is 1. The van der Waals surface area contributed by atoms with Gasteiger partial charge in [0.1, 0.15) is 6.61 Å². The van der Waals surface area contributed by atoms with E-state index in [1.54, 1.807) is 6.08 Å². The van der Waals surface area contributed by atoms with Crippen molar-refractivity contribution in [3.8, 4) is 0 Å². The molecule has 0 aliphatic heterocycles. The topological polar surface area (TPSA) is 66.0 Å². The SMILES string of the molecule is C=CCOCC([NH3+])C(=O)Nc1cccc2ccccc12. The Morgan fingerprint density at radius 3 is 2.85 bits per heavy atom. The van der Waals surface area contributed by atoms with Gasteiger partial charge in [0, 0.05) is 11.1 Å². The number of carbonyl (C=O) groups excluding carboxylic acids is 1. The first-order chi connectivity index (χ1) is 9.72. The molecule has 0 aliphatic rings. The van der Waals surface area contributed by atoms with Crippen LogP contribution in [-0.2, 0) is 9.53 Å². The third-order valence-electron chi connectivity index (χ3n) is 2.97. The van der Waals surface area contributed by atoms with Crippen LogP contribution >= 0.6 is 0 Å². The maximum Gasteiger partial charge on any atom is 0.285 e. The lowest BCUT2D eigenvalue weighted by Crippen LogP contribution is -2.68. The standard InChI is InChI=1S/C16H18N2O2/c1-2-10-20-11-14(17)16(19)18-15-9-5-7-12-6-3-4-8-13(12)15/h2-9,14H,1,10-11,17H2,(H,18,19)/p+1. The molecule has 2 aromatic carbocycles. The monoisotopic (exact) mass is 271 g/mol. The van der Waals surface area contributed by atoms with E-state index in [4.69, 9.17) is 4.74 Å². The highest BCUT2D eigenvalue weighted by Crippen LogP contribution is 2.22. The van der Waals surface area contributed by atoms with E-state index in [2.05, 4.69) is 17.6 Å². The van der Waals surface area contributed by atoms with Crippen LogP contribution in [-0.4, -0.2) is 25.2 Å². The highest BCUT2D eigenvalue weighted by molar-refractivity contribution is 6.03. The number of ether oxygens (including phenoxy) is 1. The van der Waals surface area contributed by atoms with Crippen LogP contribution in [0.25, 0.3) is 10.8 Å². The first-order valence-electron chi connectivity index (χ1n) is 6.52. The van der Waals surface area contributed by atoms with Crippen molar-refractivity contribution in [1.29, 1.82) is 0 Å². The Labute approximate surface area is 118 Å². The largest absolute Gasteiger partial charge is 0.371 e. The van der Waals surface area contributed by atoms with Gasteiger partial charge in [-0.15, -0.1) is 6.58 Å². The van der Waals surface area contributed by atoms with Gasteiger partial charge in [-0.05, 0) is 11.5 Å².